The summed E-state index contributed by atoms with van der Waals surface area (Å²) in [6, 6.07) is 0. The fourth-order valence-electron chi connectivity index (χ4n) is 1.16. The van der Waals surface area contributed by atoms with Crippen molar-refractivity contribution in [3.63, 3.8) is 0 Å². The van der Waals surface area contributed by atoms with Crippen molar-refractivity contribution in [3.05, 3.63) is 15.6 Å². The van der Waals surface area contributed by atoms with Gasteiger partial charge < -0.3 is 9.84 Å². The Morgan fingerprint density at radius 3 is 2.86 bits per heavy atom. The highest BCUT2D eigenvalue weighted by atomic mass is 32.1. The Hall–Kier alpha value is -0.940. The van der Waals surface area contributed by atoms with E-state index in [9.17, 15) is 4.79 Å². The van der Waals surface area contributed by atoms with E-state index in [1.165, 1.54) is 11.3 Å². The van der Waals surface area contributed by atoms with Gasteiger partial charge in [-0.05, 0) is 6.42 Å². The Morgan fingerprint density at radius 1 is 1.64 bits per heavy atom. The molecule has 0 aliphatic carbocycles. The fourth-order valence-corrected chi connectivity index (χ4v) is 2.08. The largest absolute Gasteiger partial charge is 0.477 e. The molecule has 0 saturated carbocycles. The van der Waals surface area contributed by atoms with Crippen LogP contribution in [0.4, 0.5) is 0 Å². The summed E-state index contributed by atoms with van der Waals surface area (Å²) < 4.78 is 4.91. The number of nitrogens with zero attached hydrogens (tertiary/aromatic N) is 1. The predicted octanol–water partition coefficient (Wildman–Crippen LogP) is 1.94. The van der Waals surface area contributed by atoms with E-state index in [1.807, 2.05) is 6.92 Å². The van der Waals surface area contributed by atoms with Gasteiger partial charge in [0.05, 0.1) is 12.3 Å². The van der Waals surface area contributed by atoms with Crippen LogP contribution in [0.5, 0.6) is 0 Å². The maximum absolute atomic E-state index is 10.8. The molecule has 1 aromatic heterocycles. The molecule has 0 amide bonds. The second-order valence-electron chi connectivity index (χ2n) is 2.87. The van der Waals surface area contributed by atoms with Crippen molar-refractivity contribution in [1.29, 1.82) is 0 Å². The number of aromatic nitrogens is 1. The van der Waals surface area contributed by atoms with Crippen LogP contribution in [0.2, 0.25) is 0 Å². The first kappa shape index (κ1) is 11.1. The number of carboxylic acid groups (broad SMARTS) is 1. The summed E-state index contributed by atoms with van der Waals surface area (Å²) in [5.41, 5.74) is 0.678. The maximum Gasteiger partial charge on any atom is 0.347 e. The highest BCUT2D eigenvalue weighted by molar-refractivity contribution is 7.13. The molecule has 1 rings (SSSR count). The third-order valence-corrected chi connectivity index (χ3v) is 2.75. The van der Waals surface area contributed by atoms with E-state index in [-0.39, 0.29) is 0 Å². The average molecular weight is 215 g/mol. The van der Waals surface area contributed by atoms with Crippen LogP contribution in [0.15, 0.2) is 0 Å². The number of aryl methyl sites for hydroxylation is 1. The van der Waals surface area contributed by atoms with Crippen LogP contribution in [0.25, 0.3) is 0 Å². The summed E-state index contributed by atoms with van der Waals surface area (Å²) in [4.78, 5) is 15.4. The summed E-state index contributed by atoms with van der Waals surface area (Å²) in [7, 11) is 1.57. The normalized spacial score (nSPS) is 10.4. The van der Waals surface area contributed by atoms with Gasteiger partial charge in [0.25, 0.3) is 0 Å². The second-order valence-corrected chi connectivity index (χ2v) is 3.96. The van der Waals surface area contributed by atoms with Crippen LogP contribution in [0.3, 0.4) is 0 Å². The molecule has 0 aromatic carbocycles. The summed E-state index contributed by atoms with van der Waals surface area (Å²) >= 11 is 1.20. The molecule has 14 heavy (non-hydrogen) atoms. The van der Waals surface area contributed by atoms with Crippen molar-refractivity contribution in [2.45, 2.75) is 26.4 Å². The molecule has 1 heterocycles. The molecule has 1 aromatic rings. The van der Waals surface area contributed by atoms with Gasteiger partial charge in [-0.3, -0.25) is 0 Å². The Kier molecular flexibility index (Phi) is 4.03. The number of thiazole rings is 1. The van der Waals surface area contributed by atoms with Crippen LogP contribution >= 0.6 is 11.3 Å². The second kappa shape index (κ2) is 5.07. The van der Waals surface area contributed by atoms with Crippen molar-refractivity contribution in [1.82, 2.24) is 4.98 Å². The summed E-state index contributed by atoms with van der Waals surface area (Å²) in [6.07, 6.45) is 1.61. The minimum absolute atomic E-state index is 0.346. The molecule has 4 nitrogen and oxygen atoms in total. The SMILES string of the molecule is CCCc1nc(COC)sc1C(=O)O. The zero-order valence-electron chi connectivity index (χ0n) is 8.24. The summed E-state index contributed by atoms with van der Waals surface area (Å²) in [5.74, 6) is -0.895. The van der Waals surface area contributed by atoms with Crippen molar-refractivity contribution < 1.29 is 14.6 Å². The van der Waals surface area contributed by atoms with Gasteiger partial charge in [0.15, 0.2) is 0 Å². The van der Waals surface area contributed by atoms with Crippen LogP contribution < -0.4 is 0 Å². The van der Waals surface area contributed by atoms with Crippen molar-refractivity contribution >= 4 is 17.3 Å². The zero-order valence-corrected chi connectivity index (χ0v) is 9.06. The predicted molar refractivity (Wildman–Crippen MR) is 53.8 cm³/mol. The van der Waals surface area contributed by atoms with E-state index >= 15 is 0 Å². The van der Waals surface area contributed by atoms with E-state index in [2.05, 4.69) is 4.98 Å². The minimum atomic E-state index is -0.895. The first-order valence-electron chi connectivity index (χ1n) is 4.39. The van der Waals surface area contributed by atoms with Crippen LogP contribution in [0, 0.1) is 0 Å². The maximum atomic E-state index is 10.8. The number of hydrogen-bond donors (Lipinski definition) is 1. The van der Waals surface area contributed by atoms with Gasteiger partial charge in [-0.25, -0.2) is 9.78 Å². The molecule has 0 aliphatic heterocycles. The molecule has 1 N–H and O–H groups in total. The molecule has 0 fully saturated rings. The number of aromatic carboxylic acids is 1. The van der Waals surface area contributed by atoms with Gasteiger partial charge in [0.2, 0.25) is 0 Å². The lowest BCUT2D eigenvalue weighted by Gasteiger charge is -1.93. The number of rotatable bonds is 5. The number of carboxylic acids is 1. The van der Waals surface area contributed by atoms with Crippen LogP contribution in [-0.2, 0) is 17.8 Å². The molecule has 0 saturated heterocycles. The zero-order chi connectivity index (χ0) is 10.6. The van der Waals surface area contributed by atoms with Gasteiger partial charge >= 0.3 is 5.97 Å². The lowest BCUT2D eigenvalue weighted by atomic mass is 10.2. The molecule has 0 unspecified atom stereocenters. The average Bonchev–Trinajstić information content (AvgIpc) is 2.49. The van der Waals surface area contributed by atoms with E-state index in [0.717, 1.165) is 11.4 Å². The Morgan fingerprint density at radius 2 is 2.36 bits per heavy atom. The number of methoxy groups -OCH3 is 1. The fraction of sp³-hybridized carbons (Fsp3) is 0.556. The monoisotopic (exact) mass is 215 g/mol. The van der Waals surface area contributed by atoms with E-state index in [4.69, 9.17) is 9.84 Å². The molecule has 0 atom stereocenters. The molecule has 78 valence electrons. The Balaban J connectivity index is 2.93. The Labute approximate surface area is 86.6 Å². The number of ether oxygens (including phenoxy) is 1. The number of carbonyl (C=O) groups is 1. The Bertz CT molecular complexity index is 322. The number of hydrogen-bond acceptors (Lipinski definition) is 4. The smallest absolute Gasteiger partial charge is 0.347 e. The molecular formula is C9H13NO3S. The summed E-state index contributed by atoms with van der Waals surface area (Å²) in [6.45, 7) is 2.38. The van der Waals surface area contributed by atoms with Crippen molar-refractivity contribution in [2.75, 3.05) is 7.11 Å². The third-order valence-electron chi connectivity index (χ3n) is 1.69. The standard InChI is InChI=1S/C9H13NO3S/c1-3-4-6-8(9(11)12)14-7(10-6)5-13-2/h3-5H2,1-2H3,(H,11,12). The van der Waals surface area contributed by atoms with Gasteiger partial charge in [0, 0.05) is 7.11 Å². The topological polar surface area (TPSA) is 59.4 Å². The van der Waals surface area contributed by atoms with E-state index < -0.39 is 5.97 Å². The molecule has 0 spiro atoms. The molecule has 0 radical (unpaired) electrons. The van der Waals surface area contributed by atoms with Crippen LogP contribution in [0.1, 0.15) is 33.7 Å². The van der Waals surface area contributed by atoms with Gasteiger partial charge in [0.1, 0.15) is 9.88 Å². The van der Waals surface area contributed by atoms with Gasteiger partial charge in [-0.15, -0.1) is 11.3 Å². The minimum Gasteiger partial charge on any atom is -0.477 e. The first-order chi connectivity index (χ1) is 6.69. The highest BCUT2D eigenvalue weighted by Gasteiger charge is 2.15. The molecular weight excluding hydrogens is 202 g/mol. The summed E-state index contributed by atoms with van der Waals surface area (Å²) in [5, 5.41) is 9.63. The van der Waals surface area contributed by atoms with Crippen molar-refractivity contribution in [2.24, 2.45) is 0 Å². The molecule has 5 heteroatoms. The van der Waals surface area contributed by atoms with E-state index in [1.54, 1.807) is 7.11 Å². The quantitative estimate of drug-likeness (QED) is 0.815. The lowest BCUT2D eigenvalue weighted by molar-refractivity contribution is 0.0700. The lowest BCUT2D eigenvalue weighted by Crippen LogP contribution is -1.98. The highest BCUT2D eigenvalue weighted by Crippen LogP contribution is 2.20. The van der Waals surface area contributed by atoms with Gasteiger partial charge in [-0.1, -0.05) is 13.3 Å². The van der Waals surface area contributed by atoms with Crippen LogP contribution in [-0.4, -0.2) is 23.2 Å². The van der Waals surface area contributed by atoms with Gasteiger partial charge in [-0.2, -0.15) is 0 Å². The third kappa shape index (κ3) is 2.52. The van der Waals surface area contributed by atoms with E-state index in [0.29, 0.717) is 23.6 Å². The molecule has 0 aliphatic rings. The van der Waals surface area contributed by atoms with Crippen molar-refractivity contribution in [3.8, 4) is 0 Å². The molecule has 0 bridgehead atoms. The first-order valence-corrected chi connectivity index (χ1v) is 5.21.